The maximum atomic E-state index is 14.2. The number of ether oxygens (including phenoxy) is 1. The van der Waals surface area contributed by atoms with Crippen LogP contribution in [0.2, 0.25) is 5.02 Å². The van der Waals surface area contributed by atoms with E-state index in [-0.39, 0.29) is 34.9 Å². The highest BCUT2D eigenvalue weighted by molar-refractivity contribution is 6.31. The van der Waals surface area contributed by atoms with Gasteiger partial charge in [-0.2, -0.15) is 0 Å². The molecule has 3 aliphatic rings. The number of Topliss-reactive ketones (excluding diaryl/α,β-unsaturated/α-hetero) is 2. The Labute approximate surface area is 282 Å². The molecule has 0 fully saturated rings. The first-order valence-corrected chi connectivity index (χ1v) is 16.8. The number of nitrogens with zero attached hydrogens (tertiary/aromatic N) is 1. The summed E-state index contributed by atoms with van der Waals surface area (Å²) in [5.41, 5.74) is 6.73. The van der Waals surface area contributed by atoms with Crippen molar-refractivity contribution < 1.29 is 19.1 Å². The van der Waals surface area contributed by atoms with Gasteiger partial charge in [-0.25, -0.2) is 0 Å². The first-order chi connectivity index (χ1) is 22.3. The number of benzene rings is 3. The molecule has 0 saturated carbocycles. The Morgan fingerprint density at radius 2 is 1.49 bits per heavy atom. The number of rotatable bonds is 8. The van der Waals surface area contributed by atoms with E-state index in [0.29, 0.717) is 35.8 Å². The Morgan fingerprint density at radius 3 is 2.11 bits per heavy atom. The summed E-state index contributed by atoms with van der Waals surface area (Å²) in [7, 11) is 0. The molecule has 47 heavy (non-hydrogen) atoms. The van der Waals surface area contributed by atoms with E-state index in [0.717, 1.165) is 52.9 Å². The first-order valence-electron chi connectivity index (χ1n) is 16.4. The monoisotopic (exact) mass is 650 g/mol. The van der Waals surface area contributed by atoms with Crippen LogP contribution >= 0.6 is 11.6 Å². The second-order valence-corrected chi connectivity index (χ2v) is 15.2. The summed E-state index contributed by atoms with van der Waals surface area (Å²) >= 11 is 6.22. The summed E-state index contributed by atoms with van der Waals surface area (Å²) in [5, 5.41) is 3.41. The highest BCUT2D eigenvalue weighted by atomic mass is 35.5. The molecule has 0 bridgehead atoms. The van der Waals surface area contributed by atoms with Crippen molar-refractivity contribution in [3.63, 3.8) is 0 Å². The zero-order chi connectivity index (χ0) is 33.5. The minimum atomic E-state index is -0.479. The van der Waals surface area contributed by atoms with Gasteiger partial charge in [0, 0.05) is 58.6 Å². The molecule has 1 amide bonds. The fourth-order valence-corrected chi connectivity index (χ4v) is 7.52. The minimum absolute atomic E-state index is 0.0950. The molecule has 7 heteroatoms. The van der Waals surface area contributed by atoms with E-state index in [9.17, 15) is 14.4 Å². The molecule has 3 aromatic carbocycles. The second kappa shape index (κ2) is 12.8. The Hall–Kier alpha value is -4.16. The zero-order valence-electron chi connectivity index (χ0n) is 27.9. The van der Waals surface area contributed by atoms with E-state index in [1.165, 1.54) is 5.56 Å². The van der Waals surface area contributed by atoms with Gasteiger partial charge in [0.25, 0.3) is 5.91 Å². The quantitative estimate of drug-likeness (QED) is 0.264. The van der Waals surface area contributed by atoms with E-state index >= 15 is 0 Å². The van der Waals surface area contributed by atoms with Crippen LogP contribution in [0.1, 0.15) is 76.0 Å². The van der Waals surface area contributed by atoms with E-state index in [1.54, 1.807) is 18.2 Å². The summed E-state index contributed by atoms with van der Waals surface area (Å²) in [4.78, 5) is 43.4. The fraction of sp³-hybridized carbons (Fsp3) is 0.375. The molecule has 1 heterocycles. The lowest BCUT2D eigenvalue weighted by Gasteiger charge is -2.49. The lowest BCUT2D eigenvalue weighted by molar-refractivity contribution is -0.120. The molecule has 0 radical (unpaired) electrons. The lowest BCUT2D eigenvalue weighted by Crippen LogP contribution is -2.45. The number of carbonyl (C=O) groups is 3. The summed E-state index contributed by atoms with van der Waals surface area (Å²) in [6, 6.07) is 23.3. The topological polar surface area (TPSA) is 75.7 Å². The Morgan fingerprint density at radius 1 is 0.851 bits per heavy atom. The standard InChI is InChI=1S/C40H43ClN2O4/c1-25-14-15-28(19-30(25)41)42-35(46)24-47-29-13-9-12-27(18-29)36-37-31(20-39(2,3)22-33(37)44)43(17-16-26-10-7-6-8-11-26)32-21-40(4,5)23-34(45)38(32)36/h6-15,18-19,36H,16-17,20-24H2,1-5H3,(H,42,46). The first kappa shape index (κ1) is 32.8. The summed E-state index contributed by atoms with van der Waals surface area (Å²) in [6.45, 7) is 11.0. The van der Waals surface area contributed by atoms with Crippen LogP contribution in [0.5, 0.6) is 5.75 Å². The number of aryl methyl sites for hydroxylation is 1. The predicted octanol–water partition coefficient (Wildman–Crippen LogP) is 8.59. The van der Waals surface area contributed by atoms with Gasteiger partial charge >= 0.3 is 0 Å². The number of halogens is 1. The van der Waals surface area contributed by atoms with Gasteiger partial charge in [-0.15, -0.1) is 0 Å². The van der Waals surface area contributed by atoms with Gasteiger partial charge in [-0.3, -0.25) is 14.4 Å². The highest BCUT2D eigenvalue weighted by Gasteiger charge is 2.48. The van der Waals surface area contributed by atoms with Crippen LogP contribution in [0, 0.1) is 17.8 Å². The van der Waals surface area contributed by atoms with Crippen LogP contribution in [0.15, 0.2) is 95.3 Å². The van der Waals surface area contributed by atoms with Gasteiger partial charge in [-0.05, 0) is 78.0 Å². The van der Waals surface area contributed by atoms with Crippen molar-refractivity contribution in [2.45, 2.75) is 72.6 Å². The van der Waals surface area contributed by atoms with Crippen molar-refractivity contribution in [2.75, 3.05) is 18.5 Å². The number of hydrogen-bond donors (Lipinski definition) is 1. The molecule has 2 aliphatic carbocycles. The number of amides is 1. The van der Waals surface area contributed by atoms with Crippen molar-refractivity contribution in [1.29, 1.82) is 0 Å². The SMILES string of the molecule is Cc1ccc(NC(=O)COc2cccc(C3C4=C(CC(C)(C)CC4=O)N(CCc4ccccc4)C4=C3C(=O)CC(C)(C)C4)c2)cc1Cl. The van der Waals surface area contributed by atoms with Crippen LogP contribution in [-0.4, -0.2) is 35.5 Å². The van der Waals surface area contributed by atoms with E-state index < -0.39 is 5.92 Å². The number of carbonyl (C=O) groups excluding carboxylic acids is 3. The molecule has 0 aromatic heterocycles. The molecule has 3 aromatic rings. The molecular formula is C40H43ClN2O4. The van der Waals surface area contributed by atoms with Gasteiger partial charge < -0.3 is 15.0 Å². The Kier molecular flexibility index (Phi) is 8.92. The lowest BCUT2D eigenvalue weighted by atomic mass is 9.63. The van der Waals surface area contributed by atoms with Crippen molar-refractivity contribution >= 4 is 34.8 Å². The van der Waals surface area contributed by atoms with E-state index in [4.69, 9.17) is 16.3 Å². The zero-order valence-corrected chi connectivity index (χ0v) is 28.7. The van der Waals surface area contributed by atoms with E-state index in [2.05, 4.69) is 50.0 Å². The fourth-order valence-electron chi connectivity index (χ4n) is 7.34. The number of allylic oxidation sites excluding steroid dienone is 4. The van der Waals surface area contributed by atoms with E-state index in [1.807, 2.05) is 49.4 Å². The molecule has 1 aliphatic heterocycles. The molecule has 6 nitrogen and oxygen atoms in total. The highest BCUT2D eigenvalue weighted by Crippen LogP contribution is 2.54. The van der Waals surface area contributed by atoms with Crippen LogP contribution in [0.25, 0.3) is 0 Å². The average molecular weight is 651 g/mol. The number of anilines is 1. The van der Waals surface area contributed by atoms with Crippen LogP contribution in [0.4, 0.5) is 5.69 Å². The Bertz CT molecular complexity index is 1750. The number of nitrogens with one attached hydrogen (secondary N) is 1. The van der Waals surface area contributed by atoms with Crippen LogP contribution < -0.4 is 10.1 Å². The number of hydrogen-bond acceptors (Lipinski definition) is 5. The van der Waals surface area contributed by atoms with Gasteiger partial charge in [0.2, 0.25) is 0 Å². The average Bonchev–Trinajstić information content (AvgIpc) is 3.00. The molecule has 6 rings (SSSR count). The van der Waals surface area contributed by atoms with Gasteiger partial charge in [0.1, 0.15) is 5.75 Å². The molecule has 0 saturated heterocycles. The smallest absolute Gasteiger partial charge is 0.262 e. The summed E-state index contributed by atoms with van der Waals surface area (Å²) in [5.74, 6) is -0.101. The van der Waals surface area contributed by atoms with Crippen molar-refractivity contribution in [2.24, 2.45) is 10.8 Å². The molecule has 0 atom stereocenters. The largest absolute Gasteiger partial charge is 0.484 e. The molecule has 0 spiro atoms. The third kappa shape index (κ3) is 7.08. The molecule has 1 N–H and O–H groups in total. The van der Waals surface area contributed by atoms with Crippen LogP contribution in [-0.2, 0) is 20.8 Å². The van der Waals surface area contributed by atoms with Crippen LogP contribution in [0.3, 0.4) is 0 Å². The maximum Gasteiger partial charge on any atom is 0.262 e. The van der Waals surface area contributed by atoms with Crippen molar-refractivity contribution in [1.82, 2.24) is 4.90 Å². The molecule has 244 valence electrons. The molecule has 0 unspecified atom stereocenters. The number of ketones is 2. The third-order valence-electron chi connectivity index (χ3n) is 9.51. The minimum Gasteiger partial charge on any atom is -0.484 e. The van der Waals surface area contributed by atoms with Gasteiger partial charge in [0.05, 0.1) is 0 Å². The van der Waals surface area contributed by atoms with Gasteiger partial charge in [-0.1, -0.05) is 87.8 Å². The Balaban J connectivity index is 1.35. The normalized spacial score (nSPS) is 19.0. The maximum absolute atomic E-state index is 14.2. The summed E-state index contributed by atoms with van der Waals surface area (Å²) in [6.07, 6.45) is 3.17. The van der Waals surface area contributed by atoms with Crippen molar-refractivity contribution in [3.05, 3.63) is 117 Å². The predicted molar refractivity (Wildman–Crippen MR) is 186 cm³/mol. The second-order valence-electron chi connectivity index (χ2n) is 14.8. The van der Waals surface area contributed by atoms with Gasteiger partial charge in [0.15, 0.2) is 18.2 Å². The summed E-state index contributed by atoms with van der Waals surface area (Å²) < 4.78 is 5.97. The molecular weight excluding hydrogens is 608 g/mol. The van der Waals surface area contributed by atoms with Crippen molar-refractivity contribution in [3.8, 4) is 5.75 Å². The third-order valence-corrected chi connectivity index (χ3v) is 9.91.